The van der Waals surface area contributed by atoms with Crippen LogP contribution in [0.3, 0.4) is 0 Å². The Morgan fingerprint density at radius 1 is 1.10 bits per heavy atom. The molecule has 0 fully saturated rings. The van der Waals surface area contributed by atoms with E-state index in [2.05, 4.69) is 10.4 Å². The summed E-state index contributed by atoms with van der Waals surface area (Å²) in [4.78, 5) is 37.6. The van der Waals surface area contributed by atoms with Gasteiger partial charge in [-0.1, -0.05) is 43.3 Å². The molecular formula is C24H27N3O4. The molecule has 3 aromatic rings. The molecule has 0 aliphatic carbocycles. The zero-order chi connectivity index (χ0) is 22.5. The first kappa shape index (κ1) is 22.2. The van der Waals surface area contributed by atoms with Crippen molar-refractivity contribution in [1.82, 2.24) is 15.1 Å². The van der Waals surface area contributed by atoms with E-state index in [0.717, 1.165) is 11.1 Å². The van der Waals surface area contributed by atoms with E-state index in [9.17, 15) is 14.4 Å². The molecule has 0 saturated heterocycles. The normalized spacial score (nSPS) is 11.9. The molecule has 2 aromatic carbocycles. The van der Waals surface area contributed by atoms with E-state index in [1.54, 1.807) is 24.3 Å². The van der Waals surface area contributed by atoms with Gasteiger partial charge in [0.15, 0.2) is 12.3 Å². The van der Waals surface area contributed by atoms with E-state index in [1.165, 1.54) is 10.2 Å². The second-order valence-electron chi connectivity index (χ2n) is 7.63. The Kier molecular flexibility index (Phi) is 6.84. The quantitative estimate of drug-likeness (QED) is 0.590. The molecule has 1 atom stereocenters. The number of aryl methyl sites for hydroxylation is 3. The van der Waals surface area contributed by atoms with Crippen molar-refractivity contribution in [2.75, 3.05) is 6.61 Å². The number of carbonyl (C=O) groups excluding carboxylic acids is 2. The first-order valence-electron chi connectivity index (χ1n) is 10.3. The fraction of sp³-hybridized carbons (Fsp3) is 0.333. The van der Waals surface area contributed by atoms with Crippen molar-refractivity contribution < 1.29 is 14.3 Å². The van der Waals surface area contributed by atoms with Crippen LogP contribution in [0.15, 0.2) is 47.3 Å². The number of nitrogens with zero attached hydrogens (tertiary/aromatic N) is 2. The molecule has 1 unspecified atom stereocenters. The molecule has 7 nitrogen and oxygen atoms in total. The summed E-state index contributed by atoms with van der Waals surface area (Å²) in [5.41, 5.74) is 3.07. The highest BCUT2D eigenvalue weighted by Gasteiger charge is 2.19. The molecule has 7 heteroatoms. The third-order valence-electron chi connectivity index (χ3n) is 5.24. The maximum atomic E-state index is 12.7. The predicted molar refractivity (Wildman–Crippen MR) is 119 cm³/mol. The fourth-order valence-corrected chi connectivity index (χ4v) is 3.35. The molecule has 0 aliphatic heterocycles. The summed E-state index contributed by atoms with van der Waals surface area (Å²) >= 11 is 0. The van der Waals surface area contributed by atoms with Crippen molar-refractivity contribution in [2.45, 2.75) is 46.7 Å². The summed E-state index contributed by atoms with van der Waals surface area (Å²) in [5.74, 6) is -1.15. The lowest BCUT2D eigenvalue weighted by Crippen LogP contribution is -2.32. The van der Waals surface area contributed by atoms with Crippen LogP contribution < -0.4 is 10.9 Å². The first-order valence-corrected chi connectivity index (χ1v) is 10.3. The molecule has 1 aromatic heterocycles. The maximum Gasteiger partial charge on any atom is 0.359 e. The SMILES string of the molecule is CCCn1nc(C(=O)OCC(=O)NC(C)c2ccc(C)c(C)c2)c2ccccc2c1=O. The highest BCUT2D eigenvalue weighted by molar-refractivity contribution is 6.02. The van der Waals surface area contributed by atoms with Crippen LogP contribution in [-0.4, -0.2) is 28.3 Å². The molecule has 0 saturated carbocycles. The molecule has 0 spiro atoms. The summed E-state index contributed by atoms with van der Waals surface area (Å²) in [6.45, 7) is 7.80. The number of amides is 1. The zero-order valence-corrected chi connectivity index (χ0v) is 18.3. The topological polar surface area (TPSA) is 90.3 Å². The number of ether oxygens (including phenoxy) is 1. The maximum absolute atomic E-state index is 12.7. The Bertz CT molecular complexity index is 1180. The summed E-state index contributed by atoms with van der Waals surface area (Å²) in [6, 6.07) is 12.5. The van der Waals surface area contributed by atoms with Crippen LogP contribution in [0, 0.1) is 13.8 Å². The zero-order valence-electron chi connectivity index (χ0n) is 18.3. The smallest absolute Gasteiger partial charge is 0.359 e. The van der Waals surface area contributed by atoms with Crippen LogP contribution in [0.2, 0.25) is 0 Å². The number of nitrogens with one attached hydrogen (secondary N) is 1. The number of esters is 1. The molecule has 3 rings (SSSR count). The predicted octanol–water partition coefficient (Wildman–Crippen LogP) is 3.46. The average Bonchev–Trinajstić information content (AvgIpc) is 2.76. The second-order valence-corrected chi connectivity index (χ2v) is 7.63. The minimum absolute atomic E-state index is 0.0265. The van der Waals surface area contributed by atoms with Crippen molar-refractivity contribution >= 4 is 22.6 Å². The van der Waals surface area contributed by atoms with Crippen molar-refractivity contribution in [3.05, 3.63) is 75.2 Å². The Hall–Kier alpha value is -3.48. The number of carbonyl (C=O) groups is 2. The molecule has 1 amide bonds. The largest absolute Gasteiger partial charge is 0.451 e. The third kappa shape index (κ3) is 4.99. The van der Waals surface area contributed by atoms with Gasteiger partial charge in [0.1, 0.15) is 0 Å². The van der Waals surface area contributed by atoms with Gasteiger partial charge in [0, 0.05) is 11.9 Å². The highest BCUT2D eigenvalue weighted by atomic mass is 16.5. The lowest BCUT2D eigenvalue weighted by atomic mass is 10.0. The van der Waals surface area contributed by atoms with Crippen LogP contribution in [0.25, 0.3) is 10.8 Å². The van der Waals surface area contributed by atoms with E-state index in [1.807, 2.05) is 45.9 Å². The van der Waals surface area contributed by atoms with Gasteiger partial charge in [0.2, 0.25) is 0 Å². The van der Waals surface area contributed by atoms with Crippen molar-refractivity contribution in [1.29, 1.82) is 0 Å². The Balaban J connectivity index is 1.72. The van der Waals surface area contributed by atoms with Crippen LogP contribution >= 0.6 is 0 Å². The van der Waals surface area contributed by atoms with Crippen molar-refractivity contribution in [2.24, 2.45) is 0 Å². The van der Waals surface area contributed by atoms with Gasteiger partial charge < -0.3 is 10.1 Å². The molecular weight excluding hydrogens is 394 g/mol. The molecule has 0 aliphatic rings. The molecule has 1 heterocycles. The third-order valence-corrected chi connectivity index (χ3v) is 5.24. The Morgan fingerprint density at radius 2 is 1.81 bits per heavy atom. The van der Waals surface area contributed by atoms with Crippen molar-refractivity contribution in [3.63, 3.8) is 0 Å². The summed E-state index contributed by atoms with van der Waals surface area (Å²) in [5, 5.41) is 7.83. The van der Waals surface area contributed by atoms with Gasteiger partial charge in [-0.3, -0.25) is 9.59 Å². The van der Waals surface area contributed by atoms with E-state index >= 15 is 0 Å². The summed E-state index contributed by atoms with van der Waals surface area (Å²) in [6.07, 6.45) is 0.693. The lowest BCUT2D eigenvalue weighted by molar-refractivity contribution is -0.124. The van der Waals surface area contributed by atoms with E-state index in [0.29, 0.717) is 23.7 Å². The van der Waals surface area contributed by atoms with Gasteiger partial charge in [-0.05, 0) is 49.9 Å². The summed E-state index contributed by atoms with van der Waals surface area (Å²) < 4.78 is 6.49. The average molecular weight is 421 g/mol. The van der Waals surface area contributed by atoms with Crippen LogP contribution in [0.1, 0.15) is 53.5 Å². The second kappa shape index (κ2) is 9.55. The number of hydrogen-bond donors (Lipinski definition) is 1. The van der Waals surface area contributed by atoms with E-state index < -0.39 is 18.5 Å². The van der Waals surface area contributed by atoms with Crippen LogP contribution in [0.5, 0.6) is 0 Å². The minimum Gasteiger partial charge on any atom is -0.451 e. The summed E-state index contributed by atoms with van der Waals surface area (Å²) in [7, 11) is 0. The van der Waals surface area contributed by atoms with Crippen molar-refractivity contribution in [3.8, 4) is 0 Å². The van der Waals surface area contributed by atoms with Gasteiger partial charge in [-0.15, -0.1) is 0 Å². The van der Waals surface area contributed by atoms with Gasteiger partial charge >= 0.3 is 5.97 Å². The molecule has 0 bridgehead atoms. The molecule has 1 N–H and O–H groups in total. The van der Waals surface area contributed by atoms with E-state index in [-0.39, 0.29) is 17.3 Å². The fourth-order valence-electron chi connectivity index (χ4n) is 3.35. The molecule has 0 radical (unpaired) electrons. The lowest BCUT2D eigenvalue weighted by Gasteiger charge is -2.16. The van der Waals surface area contributed by atoms with Gasteiger partial charge in [0.25, 0.3) is 11.5 Å². The number of fused-ring (bicyclic) bond motifs is 1. The number of benzene rings is 2. The Labute approximate surface area is 181 Å². The monoisotopic (exact) mass is 421 g/mol. The minimum atomic E-state index is -0.741. The first-order chi connectivity index (χ1) is 14.8. The molecule has 31 heavy (non-hydrogen) atoms. The van der Waals surface area contributed by atoms with Crippen LogP contribution in [-0.2, 0) is 16.1 Å². The van der Waals surface area contributed by atoms with E-state index in [4.69, 9.17) is 4.74 Å². The van der Waals surface area contributed by atoms with Gasteiger partial charge in [0.05, 0.1) is 11.4 Å². The molecule has 162 valence electrons. The number of aromatic nitrogens is 2. The number of hydrogen-bond acceptors (Lipinski definition) is 5. The standard InChI is InChI=1S/C24H27N3O4/c1-5-12-27-23(29)20-9-7-6-8-19(20)22(26-27)24(30)31-14-21(28)25-17(4)18-11-10-15(2)16(3)13-18/h6-11,13,17H,5,12,14H2,1-4H3,(H,25,28). The van der Waals surface area contributed by atoms with Gasteiger partial charge in [-0.2, -0.15) is 5.10 Å². The van der Waals surface area contributed by atoms with Gasteiger partial charge in [-0.25, -0.2) is 9.48 Å². The van der Waals surface area contributed by atoms with Crippen LogP contribution in [0.4, 0.5) is 0 Å². The number of rotatable bonds is 7. The highest BCUT2D eigenvalue weighted by Crippen LogP contribution is 2.17. The Morgan fingerprint density at radius 3 is 2.48 bits per heavy atom.